The Morgan fingerprint density at radius 1 is 1.47 bits per heavy atom. The van der Waals surface area contributed by atoms with Crippen LogP contribution in [0.5, 0.6) is 0 Å². The topological polar surface area (TPSA) is 94.0 Å². The molecule has 96 valence electrons. The first kappa shape index (κ1) is 13.8. The lowest BCUT2D eigenvalue weighted by Crippen LogP contribution is -2.13. The Bertz CT molecular complexity index is 376. The quantitative estimate of drug-likeness (QED) is 0.719. The third-order valence-corrected chi connectivity index (χ3v) is 3.62. The molecule has 0 unspecified atom stereocenters. The van der Waals surface area contributed by atoms with Crippen LogP contribution in [0, 0.1) is 5.92 Å². The summed E-state index contributed by atoms with van der Waals surface area (Å²) < 4.78 is 1.80. The Kier molecular flexibility index (Phi) is 5.27. The summed E-state index contributed by atoms with van der Waals surface area (Å²) >= 11 is 1.15. The zero-order valence-electron chi connectivity index (χ0n) is 10.1. The van der Waals surface area contributed by atoms with Crippen LogP contribution in [0.15, 0.2) is 5.16 Å². The van der Waals surface area contributed by atoms with Gasteiger partial charge in [-0.3, -0.25) is 9.36 Å². The van der Waals surface area contributed by atoms with E-state index in [0.29, 0.717) is 17.0 Å². The van der Waals surface area contributed by atoms with E-state index in [1.54, 1.807) is 4.57 Å². The maximum atomic E-state index is 10.5. The van der Waals surface area contributed by atoms with Crippen LogP contribution in [0.2, 0.25) is 0 Å². The second-order valence-electron chi connectivity index (χ2n) is 3.82. The van der Waals surface area contributed by atoms with Crippen LogP contribution in [0.4, 0.5) is 5.95 Å². The highest BCUT2D eigenvalue weighted by Crippen LogP contribution is 2.21. The molecular formula is C10H18N4O2S. The third-order valence-electron chi connectivity index (χ3n) is 2.67. The number of nitrogens with zero attached hydrogens (tertiary/aromatic N) is 3. The number of rotatable bonds is 7. The van der Waals surface area contributed by atoms with Gasteiger partial charge in [0.15, 0.2) is 5.16 Å². The lowest BCUT2D eigenvalue weighted by atomic mass is 10.0. The Labute approximate surface area is 105 Å². The fraction of sp³-hybridized carbons (Fsp3) is 0.700. The zero-order chi connectivity index (χ0) is 12.8. The van der Waals surface area contributed by atoms with Gasteiger partial charge in [-0.2, -0.15) is 0 Å². The number of nitrogen functional groups attached to an aromatic ring is 1. The van der Waals surface area contributed by atoms with E-state index in [4.69, 9.17) is 10.8 Å². The highest BCUT2D eigenvalue weighted by Gasteiger charge is 2.14. The van der Waals surface area contributed by atoms with Gasteiger partial charge in [-0.05, 0) is 5.92 Å². The Balaban J connectivity index is 2.75. The first-order valence-corrected chi connectivity index (χ1v) is 6.60. The Morgan fingerprint density at radius 2 is 2.12 bits per heavy atom. The number of aromatic nitrogens is 3. The van der Waals surface area contributed by atoms with Gasteiger partial charge in [-0.25, -0.2) is 0 Å². The molecule has 7 heteroatoms. The molecule has 0 aliphatic rings. The van der Waals surface area contributed by atoms with Crippen molar-refractivity contribution in [3.8, 4) is 0 Å². The monoisotopic (exact) mass is 258 g/mol. The fourth-order valence-electron chi connectivity index (χ4n) is 1.51. The van der Waals surface area contributed by atoms with E-state index in [0.717, 1.165) is 31.1 Å². The summed E-state index contributed by atoms with van der Waals surface area (Å²) in [5, 5.41) is 16.9. The van der Waals surface area contributed by atoms with Gasteiger partial charge in [0.05, 0.1) is 5.75 Å². The van der Waals surface area contributed by atoms with Gasteiger partial charge in [0.25, 0.3) is 0 Å². The molecule has 0 bridgehead atoms. The number of anilines is 1. The van der Waals surface area contributed by atoms with Crippen molar-refractivity contribution in [2.24, 2.45) is 5.92 Å². The lowest BCUT2D eigenvalue weighted by molar-refractivity contribution is -0.133. The molecule has 1 rings (SSSR count). The van der Waals surface area contributed by atoms with Crippen molar-refractivity contribution in [2.75, 3.05) is 11.5 Å². The highest BCUT2D eigenvalue weighted by molar-refractivity contribution is 7.99. The molecule has 0 spiro atoms. The van der Waals surface area contributed by atoms with E-state index >= 15 is 0 Å². The van der Waals surface area contributed by atoms with Gasteiger partial charge < -0.3 is 10.8 Å². The van der Waals surface area contributed by atoms with Crippen molar-refractivity contribution in [2.45, 2.75) is 38.4 Å². The van der Waals surface area contributed by atoms with Gasteiger partial charge in [0.2, 0.25) is 5.95 Å². The van der Waals surface area contributed by atoms with Crippen LogP contribution in [0.3, 0.4) is 0 Å². The number of carboxylic acids is 1. The standard InChI is InChI=1S/C10H18N4O2S/c1-3-7(4-2)5-14-9(11)12-13-10(14)17-6-8(15)16/h7H,3-6H2,1-2H3,(H2,11,12)(H,15,16). The van der Waals surface area contributed by atoms with Gasteiger partial charge in [0, 0.05) is 6.54 Å². The van der Waals surface area contributed by atoms with Gasteiger partial charge in [0.1, 0.15) is 0 Å². The molecule has 1 heterocycles. The zero-order valence-corrected chi connectivity index (χ0v) is 10.9. The Hall–Kier alpha value is -1.24. The highest BCUT2D eigenvalue weighted by atomic mass is 32.2. The predicted molar refractivity (Wildman–Crippen MR) is 66.9 cm³/mol. The van der Waals surface area contributed by atoms with E-state index in [1.807, 2.05) is 0 Å². The van der Waals surface area contributed by atoms with Crippen molar-refractivity contribution in [3.63, 3.8) is 0 Å². The van der Waals surface area contributed by atoms with Crippen molar-refractivity contribution >= 4 is 23.7 Å². The number of hydrogen-bond donors (Lipinski definition) is 2. The average Bonchev–Trinajstić information content (AvgIpc) is 2.64. The number of aliphatic carboxylic acids is 1. The number of thioether (sulfide) groups is 1. The van der Waals surface area contributed by atoms with E-state index in [2.05, 4.69) is 24.0 Å². The van der Waals surface area contributed by atoms with Crippen molar-refractivity contribution < 1.29 is 9.90 Å². The molecule has 3 N–H and O–H groups in total. The maximum Gasteiger partial charge on any atom is 0.313 e. The summed E-state index contributed by atoms with van der Waals surface area (Å²) in [4.78, 5) is 10.5. The molecule has 0 fully saturated rings. The largest absolute Gasteiger partial charge is 0.481 e. The summed E-state index contributed by atoms with van der Waals surface area (Å²) in [7, 11) is 0. The van der Waals surface area contributed by atoms with Crippen molar-refractivity contribution in [3.05, 3.63) is 0 Å². The first-order valence-electron chi connectivity index (χ1n) is 5.61. The van der Waals surface area contributed by atoms with Crippen LogP contribution in [0.1, 0.15) is 26.7 Å². The fourth-order valence-corrected chi connectivity index (χ4v) is 2.18. The molecule has 0 saturated heterocycles. The van der Waals surface area contributed by atoms with Crippen LogP contribution >= 0.6 is 11.8 Å². The molecule has 0 radical (unpaired) electrons. The first-order chi connectivity index (χ1) is 8.08. The van der Waals surface area contributed by atoms with E-state index < -0.39 is 5.97 Å². The summed E-state index contributed by atoms with van der Waals surface area (Å²) in [5.74, 6) is -0.0333. The molecule has 17 heavy (non-hydrogen) atoms. The summed E-state index contributed by atoms with van der Waals surface area (Å²) in [6.07, 6.45) is 2.11. The maximum absolute atomic E-state index is 10.5. The van der Waals surface area contributed by atoms with Crippen molar-refractivity contribution in [1.29, 1.82) is 0 Å². The molecular weight excluding hydrogens is 240 g/mol. The summed E-state index contributed by atoms with van der Waals surface area (Å²) in [5.41, 5.74) is 5.73. The molecule has 0 aliphatic carbocycles. The minimum Gasteiger partial charge on any atom is -0.481 e. The molecule has 0 aliphatic heterocycles. The molecule has 6 nitrogen and oxygen atoms in total. The second-order valence-corrected chi connectivity index (χ2v) is 4.76. The molecule has 0 amide bonds. The smallest absolute Gasteiger partial charge is 0.313 e. The molecule has 0 saturated carbocycles. The normalized spacial score (nSPS) is 11.0. The molecule has 0 aromatic carbocycles. The minimum absolute atomic E-state index is 0.0267. The number of hydrogen-bond acceptors (Lipinski definition) is 5. The van der Waals surface area contributed by atoms with Crippen LogP contribution in [-0.4, -0.2) is 31.6 Å². The number of carboxylic acid groups (broad SMARTS) is 1. The Morgan fingerprint density at radius 3 is 2.65 bits per heavy atom. The molecule has 1 aromatic rings. The van der Waals surface area contributed by atoms with Gasteiger partial charge in [-0.15, -0.1) is 10.2 Å². The average molecular weight is 258 g/mol. The number of carbonyl (C=O) groups is 1. The summed E-state index contributed by atoms with van der Waals surface area (Å²) in [6, 6.07) is 0. The second kappa shape index (κ2) is 6.48. The van der Waals surface area contributed by atoms with E-state index in [1.165, 1.54) is 0 Å². The predicted octanol–water partition coefficient (Wildman–Crippen LogP) is 1.47. The van der Waals surface area contributed by atoms with E-state index in [-0.39, 0.29) is 5.75 Å². The van der Waals surface area contributed by atoms with Crippen LogP contribution in [-0.2, 0) is 11.3 Å². The van der Waals surface area contributed by atoms with Gasteiger partial charge in [-0.1, -0.05) is 38.5 Å². The number of nitrogens with two attached hydrogens (primary N) is 1. The minimum atomic E-state index is -0.870. The van der Waals surface area contributed by atoms with Gasteiger partial charge >= 0.3 is 5.97 Å². The third kappa shape index (κ3) is 3.92. The molecule has 1 aromatic heterocycles. The van der Waals surface area contributed by atoms with Crippen molar-refractivity contribution in [1.82, 2.24) is 14.8 Å². The van der Waals surface area contributed by atoms with Crippen LogP contribution in [0.25, 0.3) is 0 Å². The van der Waals surface area contributed by atoms with E-state index in [9.17, 15) is 4.79 Å². The van der Waals surface area contributed by atoms with Crippen LogP contribution < -0.4 is 5.73 Å². The lowest BCUT2D eigenvalue weighted by Gasteiger charge is -2.14. The molecule has 0 atom stereocenters. The summed E-state index contributed by atoms with van der Waals surface area (Å²) in [6.45, 7) is 4.99. The SMILES string of the molecule is CCC(CC)Cn1c(N)nnc1SCC(=O)O.